The molecular weight excluding hydrogens is 458 g/mol. The van der Waals surface area contributed by atoms with Gasteiger partial charge in [0.1, 0.15) is 6.04 Å². The first-order valence-electron chi connectivity index (χ1n) is 9.92. The Kier molecular flexibility index (Phi) is 9.03. The van der Waals surface area contributed by atoms with Crippen molar-refractivity contribution >= 4 is 33.3 Å². The number of benzene rings is 2. The maximum absolute atomic E-state index is 12.6. The molecule has 11 heteroatoms. The second-order valence-corrected chi connectivity index (χ2v) is 9.36. The zero-order valence-corrected chi connectivity index (χ0v) is 18.8. The van der Waals surface area contributed by atoms with Gasteiger partial charge in [0.2, 0.25) is 15.7 Å². The van der Waals surface area contributed by atoms with Gasteiger partial charge in [-0.1, -0.05) is 44.2 Å². The lowest BCUT2D eigenvalue weighted by Crippen LogP contribution is -2.46. The van der Waals surface area contributed by atoms with Crippen LogP contribution >= 0.6 is 0 Å². The lowest BCUT2D eigenvalue weighted by atomic mass is 10.0. The summed E-state index contributed by atoms with van der Waals surface area (Å²) in [7, 11) is -4.74. The van der Waals surface area contributed by atoms with Crippen LogP contribution in [0.5, 0.6) is 0 Å². The van der Waals surface area contributed by atoms with Gasteiger partial charge in [0.25, 0.3) is 5.91 Å². The Balaban J connectivity index is 1.89. The predicted molar refractivity (Wildman–Crippen MR) is 116 cm³/mol. The molecule has 2 aromatic rings. The van der Waals surface area contributed by atoms with Gasteiger partial charge in [-0.05, 0) is 35.7 Å². The van der Waals surface area contributed by atoms with Gasteiger partial charge in [-0.15, -0.1) is 0 Å². The van der Waals surface area contributed by atoms with E-state index in [-0.39, 0.29) is 23.9 Å². The summed E-state index contributed by atoms with van der Waals surface area (Å²) in [4.78, 5) is 36.1. The Morgan fingerprint density at radius 3 is 2.09 bits per heavy atom. The Hall–Kier alpha value is -3.34. The van der Waals surface area contributed by atoms with E-state index in [4.69, 9.17) is 4.74 Å². The van der Waals surface area contributed by atoms with E-state index < -0.39 is 45.0 Å². The van der Waals surface area contributed by atoms with Gasteiger partial charge in [-0.2, -0.15) is 8.78 Å². The van der Waals surface area contributed by atoms with E-state index in [1.54, 1.807) is 38.1 Å². The molecule has 33 heavy (non-hydrogen) atoms. The van der Waals surface area contributed by atoms with Gasteiger partial charge in [-0.25, -0.2) is 13.2 Å². The van der Waals surface area contributed by atoms with E-state index in [0.29, 0.717) is 0 Å². The van der Waals surface area contributed by atoms with Crippen LogP contribution in [0.1, 0.15) is 19.4 Å². The van der Waals surface area contributed by atoms with E-state index >= 15 is 0 Å². The number of alkyl halides is 2. The standard InChI is InChI=1S/C22H24F2N2O6S/c1-14(2)20(26-18(27)12-15-6-4-3-5-7-15)21(29)32-13-19(28)25-16-8-10-17(11-9-16)33(30,31)22(23)24/h3-11,14,20,22H,12-13H2,1-2H3,(H,25,28)(H,26,27)/t20-/m0/s1. The van der Waals surface area contributed by atoms with Crippen molar-refractivity contribution in [2.75, 3.05) is 11.9 Å². The third-order valence-corrected chi connectivity index (χ3v) is 5.89. The normalized spacial score (nSPS) is 12.3. The molecule has 8 nitrogen and oxygen atoms in total. The number of ether oxygens (including phenoxy) is 1. The van der Waals surface area contributed by atoms with Crippen LogP contribution in [0, 0.1) is 5.92 Å². The SMILES string of the molecule is CC(C)[C@H](NC(=O)Cc1ccccc1)C(=O)OCC(=O)Nc1ccc(S(=O)(=O)C(F)F)cc1. The van der Waals surface area contributed by atoms with Crippen LogP contribution in [0.25, 0.3) is 0 Å². The topological polar surface area (TPSA) is 119 Å². The fraction of sp³-hybridized carbons (Fsp3) is 0.318. The third-order valence-electron chi connectivity index (χ3n) is 4.49. The van der Waals surface area contributed by atoms with E-state index in [1.165, 1.54) is 0 Å². The third kappa shape index (κ3) is 7.63. The van der Waals surface area contributed by atoms with Gasteiger partial charge >= 0.3 is 11.7 Å². The van der Waals surface area contributed by atoms with Crippen LogP contribution < -0.4 is 10.6 Å². The summed E-state index contributed by atoms with van der Waals surface area (Å²) in [5.74, 6) is -5.75. The van der Waals surface area contributed by atoms with Gasteiger partial charge < -0.3 is 15.4 Å². The van der Waals surface area contributed by atoms with Gasteiger partial charge in [0.05, 0.1) is 11.3 Å². The van der Waals surface area contributed by atoms with Gasteiger partial charge in [0.15, 0.2) is 6.61 Å². The summed E-state index contributed by atoms with van der Waals surface area (Å²) >= 11 is 0. The molecule has 1 atom stereocenters. The van der Waals surface area contributed by atoms with E-state index in [1.807, 2.05) is 6.07 Å². The van der Waals surface area contributed by atoms with Crippen LogP contribution in [0.15, 0.2) is 59.5 Å². The molecule has 2 aromatic carbocycles. The van der Waals surface area contributed by atoms with Crippen LogP contribution in [0.3, 0.4) is 0 Å². The lowest BCUT2D eigenvalue weighted by Gasteiger charge is -2.20. The highest BCUT2D eigenvalue weighted by Crippen LogP contribution is 2.20. The number of rotatable bonds is 10. The van der Waals surface area contributed by atoms with Crippen molar-refractivity contribution in [1.82, 2.24) is 5.32 Å². The molecule has 0 aliphatic rings. The van der Waals surface area contributed by atoms with Gasteiger partial charge in [-0.3, -0.25) is 9.59 Å². The summed E-state index contributed by atoms with van der Waals surface area (Å²) in [5.41, 5.74) is 0.901. The van der Waals surface area contributed by atoms with Crippen molar-refractivity contribution in [2.45, 2.75) is 37.0 Å². The number of halogens is 2. The maximum Gasteiger partial charge on any atom is 0.341 e. The zero-order valence-electron chi connectivity index (χ0n) is 18.0. The van der Waals surface area contributed by atoms with E-state index in [0.717, 1.165) is 29.8 Å². The van der Waals surface area contributed by atoms with Crippen LogP contribution in [-0.2, 0) is 35.4 Å². The van der Waals surface area contributed by atoms with Crippen LogP contribution in [0.4, 0.5) is 14.5 Å². The summed E-state index contributed by atoms with van der Waals surface area (Å²) in [6.07, 6.45) is 0.0785. The summed E-state index contributed by atoms with van der Waals surface area (Å²) in [5, 5.41) is 4.97. The fourth-order valence-corrected chi connectivity index (χ4v) is 3.48. The van der Waals surface area contributed by atoms with E-state index in [2.05, 4.69) is 10.6 Å². The first-order chi connectivity index (χ1) is 15.5. The first kappa shape index (κ1) is 25.9. The zero-order chi connectivity index (χ0) is 24.6. The number of esters is 1. The van der Waals surface area contributed by atoms with Crippen LogP contribution in [0.2, 0.25) is 0 Å². The fourth-order valence-electron chi connectivity index (χ4n) is 2.76. The molecule has 0 radical (unpaired) electrons. The summed E-state index contributed by atoms with van der Waals surface area (Å²) in [6, 6.07) is 12.1. The van der Waals surface area contributed by atoms with Crippen molar-refractivity contribution in [3.05, 3.63) is 60.2 Å². The molecule has 0 saturated heterocycles. The lowest BCUT2D eigenvalue weighted by molar-refractivity contribution is -0.151. The Morgan fingerprint density at radius 2 is 1.55 bits per heavy atom. The van der Waals surface area contributed by atoms with Crippen molar-refractivity contribution in [2.24, 2.45) is 5.92 Å². The maximum atomic E-state index is 12.6. The minimum atomic E-state index is -4.74. The van der Waals surface area contributed by atoms with E-state index in [9.17, 15) is 31.6 Å². The Bertz CT molecular complexity index is 1070. The summed E-state index contributed by atoms with van der Waals surface area (Å²) < 4.78 is 53.0. The minimum Gasteiger partial charge on any atom is -0.454 e. The molecule has 178 valence electrons. The largest absolute Gasteiger partial charge is 0.454 e. The molecule has 0 aromatic heterocycles. The van der Waals surface area contributed by atoms with Crippen LogP contribution in [-0.4, -0.2) is 44.6 Å². The Morgan fingerprint density at radius 1 is 0.939 bits per heavy atom. The molecule has 0 saturated carbocycles. The number of carbonyl (C=O) groups excluding carboxylic acids is 3. The minimum absolute atomic E-state index is 0.0785. The predicted octanol–water partition coefficient (Wildman–Crippen LogP) is 2.55. The molecule has 2 rings (SSSR count). The number of carbonyl (C=O) groups is 3. The average Bonchev–Trinajstić information content (AvgIpc) is 2.76. The molecule has 2 N–H and O–H groups in total. The smallest absolute Gasteiger partial charge is 0.341 e. The Labute approximate surface area is 190 Å². The number of nitrogens with one attached hydrogen (secondary N) is 2. The monoisotopic (exact) mass is 482 g/mol. The molecule has 0 unspecified atom stereocenters. The van der Waals surface area contributed by atoms with Crippen molar-refractivity contribution in [3.63, 3.8) is 0 Å². The number of hydrogen-bond donors (Lipinski definition) is 2. The molecule has 0 heterocycles. The quantitative estimate of drug-likeness (QED) is 0.503. The van der Waals surface area contributed by atoms with Crippen molar-refractivity contribution in [3.8, 4) is 0 Å². The van der Waals surface area contributed by atoms with Gasteiger partial charge in [0, 0.05) is 5.69 Å². The molecule has 0 fully saturated rings. The first-order valence-corrected chi connectivity index (χ1v) is 11.5. The molecular formula is C22H24F2N2O6S. The van der Waals surface area contributed by atoms with Crippen molar-refractivity contribution in [1.29, 1.82) is 0 Å². The highest BCUT2D eigenvalue weighted by atomic mass is 32.2. The molecule has 0 aliphatic carbocycles. The number of anilines is 1. The second kappa shape index (κ2) is 11.5. The second-order valence-electron chi connectivity index (χ2n) is 7.44. The molecule has 2 amide bonds. The number of hydrogen-bond acceptors (Lipinski definition) is 6. The number of amides is 2. The average molecular weight is 483 g/mol. The van der Waals surface area contributed by atoms with Crippen molar-refractivity contribution < 1.29 is 36.3 Å². The molecule has 0 bridgehead atoms. The highest BCUT2D eigenvalue weighted by Gasteiger charge is 2.27. The number of sulfone groups is 1. The highest BCUT2D eigenvalue weighted by molar-refractivity contribution is 7.91. The summed E-state index contributed by atoms with van der Waals surface area (Å²) in [6.45, 7) is 2.77. The molecule has 0 aliphatic heterocycles. The molecule has 0 spiro atoms.